The molecule has 45 heavy (non-hydrogen) atoms. The lowest BCUT2D eigenvalue weighted by atomic mass is 9.85. The fraction of sp³-hybridized carbons (Fsp3) is 0.359. The van der Waals surface area contributed by atoms with E-state index >= 15 is 0 Å². The molecule has 1 heterocycles. The van der Waals surface area contributed by atoms with Gasteiger partial charge in [-0.2, -0.15) is 0 Å². The van der Waals surface area contributed by atoms with Gasteiger partial charge in [-0.3, -0.25) is 4.79 Å². The van der Waals surface area contributed by atoms with Gasteiger partial charge in [0, 0.05) is 5.92 Å². The van der Waals surface area contributed by atoms with Gasteiger partial charge in [-0.15, -0.1) is 0 Å². The van der Waals surface area contributed by atoms with E-state index in [9.17, 15) is 9.90 Å². The van der Waals surface area contributed by atoms with Crippen LogP contribution in [0.5, 0.6) is 23.0 Å². The van der Waals surface area contributed by atoms with Crippen LogP contribution in [0.4, 0.5) is 0 Å². The normalized spacial score (nSPS) is 17.0. The number of carbonyl (C=O) groups is 1. The van der Waals surface area contributed by atoms with Crippen LogP contribution in [0.2, 0.25) is 0 Å². The number of benzene rings is 4. The molecule has 238 valence electrons. The van der Waals surface area contributed by atoms with Crippen molar-refractivity contribution in [2.75, 3.05) is 27.9 Å². The second kappa shape index (κ2) is 16.6. The molecule has 6 heteroatoms. The molecule has 1 saturated heterocycles. The number of carbonyl (C=O) groups excluding carboxylic acids is 1. The van der Waals surface area contributed by atoms with E-state index in [1.165, 1.54) is 31.1 Å². The molecule has 5 rings (SSSR count). The van der Waals surface area contributed by atoms with Crippen LogP contribution in [0.3, 0.4) is 0 Å². The van der Waals surface area contributed by atoms with Crippen molar-refractivity contribution < 1.29 is 28.8 Å². The number of rotatable bonds is 12. The average molecular weight is 611 g/mol. The number of phenols is 1. The van der Waals surface area contributed by atoms with Crippen LogP contribution in [0.25, 0.3) is 0 Å². The van der Waals surface area contributed by atoms with Crippen molar-refractivity contribution >= 4 is 5.97 Å². The molecule has 0 saturated carbocycles. The summed E-state index contributed by atoms with van der Waals surface area (Å²) in [5.41, 5.74) is 4.88. The maximum atomic E-state index is 12.3. The van der Waals surface area contributed by atoms with E-state index < -0.39 is 0 Å². The summed E-state index contributed by atoms with van der Waals surface area (Å²) < 4.78 is 21.1. The standard InChI is InChI=1S/C21H24O6.C18H22/c1-24-18-7-5-13(11-20(18)26-3)8-15-12-27-21(23)16(15)9-14-4-6-17(22)19(10-14)25-2;1-15(13-17-9-5-3-6-10-17)16(2)14-18-11-7-4-8-12-18/h4-7,10-11,15-16,22H,8-9,12H2,1-3H3;3-12,15-16H,13-14H2,1-2H3/t15-,16+;/m0./s1. The number of methoxy groups -OCH3 is 3. The van der Waals surface area contributed by atoms with E-state index in [4.69, 9.17) is 18.9 Å². The summed E-state index contributed by atoms with van der Waals surface area (Å²) in [5, 5.41) is 9.75. The van der Waals surface area contributed by atoms with Gasteiger partial charge < -0.3 is 24.1 Å². The molecular formula is C39H46O6. The zero-order chi connectivity index (χ0) is 32.2. The van der Waals surface area contributed by atoms with Gasteiger partial charge in [0.2, 0.25) is 0 Å². The van der Waals surface area contributed by atoms with Crippen molar-refractivity contribution in [3.63, 3.8) is 0 Å². The zero-order valence-electron chi connectivity index (χ0n) is 27.1. The summed E-state index contributed by atoms with van der Waals surface area (Å²) >= 11 is 0. The molecule has 1 fully saturated rings. The number of cyclic esters (lactones) is 1. The summed E-state index contributed by atoms with van der Waals surface area (Å²) in [6.07, 6.45) is 3.59. The van der Waals surface area contributed by atoms with E-state index in [1.807, 2.05) is 18.2 Å². The second-order valence-electron chi connectivity index (χ2n) is 11.9. The monoisotopic (exact) mass is 610 g/mol. The number of hydrogen-bond donors (Lipinski definition) is 1. The Bertz CT molecular complexity index is 1440. The first-order valence-electron chi connectivity index (χ1n) is 15.6. The molecule has 2 unspecified atom stereocenters. The van der Waals surface area contributed by atoms with Crippen LogP contribution in [-0.2, 0) is 35.2 Å². The van der Waals surface area contributed by atoms with Gasteiger partial charge >= 0.3 is 5.97 Å². The van der Waals surface area contributed by atoms with Crippen molar-refractivity contribution in [1.82, 2.24) is 0 Å². The molecule has 1 aliphatic rings. The largest absolute Gasteiger partial charge is 0.504 e. The van der Waals surface area contributed by atoms with Crippen molar-refractivity contribution in [2.24, 2.45) is 23.7 Å². The molecule has 0 spiro atoms. The zero-order valence-corrected chi connectivity index (χ0v) is 27.1. The summed E-state index contributed by atoms with van der Waals surface area (Å²) in [6.45, 7) is 5.12. The average Bonchev–Trinajstić information content (AvgIpc) is 3.40. The molecule has 4 aromatic carbocycles. The smallest absolute Gasteiger partial charge is 0.309 e. The van der Waals surface area contributed by atoms with Gasteiger partial charge in [-0.05, 0) is 84.0 Å². The van der Waals surface area contributed by atoms with E-state index in [0.29, 0.717) is 48.5 Å². The molecule has 4 atom stereocenters. The Hall–Kier alpha value is -4.45. The lowest BCUT2D eigenvalue weighted by molar-refractivity contribution is -0.141. The first kappa shape index (κ1) is 33.4. The Morgan fingerprint density at radius 3 is 1.73 bits per heavy atom. The van der Waals surface area contributed by atoms with Crippen LogP contribution >= 0.6 is 0 Å². The molecule has 1 N–H and O–H groups in total. The van der Waals surface area contributed by atoms with Crippen LogP contribution in [0.15, 0.2) is 97.1 Å². The minimum atomic E-state index is -0.243. The van der Waals surface area contributed by atoms with Crippen molar-refractivity contribution in [2.45, 2.75) is 39.5 Å². The van der Waals surface area contributed by atoms with E-state index in [1.54, 1.807) is 32.4 Å². The maximum absolute atomic E-state index is 12.3. The minimum Gasteiger partial charge on any atom is -0.504 e. The van der Waals surface area contributed by atoms with Gasteiger partial charge in [0.15, 0.2) is 23.0 Å². The first-order valence-corrected chi connectivity index (χ1v) is 15.6. The highest BCUT2D eigenvalue weighted by Crippen LogP contribution is 2.34. The van der Waals surface area contributed by atoms with Crippen molar-refractivity contribution in [1.29, 1.82) is 0 Å². The quantitative estimate of drug-likeness (QED) is 0.166. The predicted molar refractivity (Wildman–Crippen MR) is 178 cm³/mol. The number of esters is 1. The molecule has 4 aromatic rings. The number of hydrogen-bond acceptors (Lipinski definition) is 6. The lowest BCUT2D eigenvalue weighted by Crippen LogP contribution is -2.20. The number of phenolic OH excluding ortho intramolecular Hbond substituents is 1. The van der Waals surface area contributed by atoms with E-state index in [-0.39, 0.29) is 23.6 Å². The Labute approximate surface area is 267 Å². The third-order valence-electron chi connectivity index (χ3n) is 8.73. The SMILES string of the molecule is CC(Cc1ccccc1)C(C)Cc1ccccc1.COc1cc(C[C@H]2C(=O)OC[C@@H]2Cc2ccc(OC)c(OC)c2)ccc1O. The molecule has 0 aliphatic carbocycles. The molecule has 1 aliphatic heterocycles. The highest BCUT2D eigenvalue weighted by Gasteiger charge is 2.37. The second-order valence-corrected chi connectivity index (χ2v) is 11.9. The molecule has 0 aromatic heterocycles. The molecule has 0 amide bonds. The lowest BCUT2D eigenvalue weighted by Gasteiger charge is -2.20. The van der Waals surface area contributed by atoms with Crippen LogP contribution in [-0.4, -0.2) is 39.0 Å². The molecule has 6 nitrogen and oxygen atoms in total. The maximum Gasteiger partial charge on any atom is 0.309 e. The Morgan fingerprint density at radius 1 is 0.667 bits per heavy atom. The third-order valence-corrected chi connectivity index (χ3v) is 8.73. The minimum absolute atomic E-state index is 0.0652. The van der Waals surface area contributed by atoms with Crippen LogP contribution in [0.1, 0.15) is 36.1 Å². The van der Waals surface area contributed by atoms with Gasteiger partial charge in [-0.25, -0.2) is 0 Å². The van der Waals surface area contributed by atoms with Gasteiger partial charge in [0.25, 0.3) is 0 Å². The van der Waals surface area contributed by atoms with Crippen LogP contribution < -0.4 is 14.2 Å². The number of ether oxygens (including phenoxy) is 4. The van der Waals surface area contributed by atoms with Gasteiger partial charge in [-0.1, -0.05) is 86.6 Å². The van der Waals surface area contributed by atoms with Gasteiger partial charge in [0.05, 0.1) is 33.9 Å². The van der Waals surface area contributed by atoms with Crippen LogP contribution in [0, 0.1) is 23.7 Å². The summed E-state index contributed by atoms with van der Waals surface area (Å²) in [5.74, 6) is 2.88. The van der Waals surface area contributed by atoms with Crippen molar-refractivity contribution in [3.8, 4) is 23.0 Å². The summed E-state index contributed by atoms with van der Waals surface area (Å²) in [4.78, 5) is 12.3. The Balaban J connectivity index is 0.000000222. The van der Waals surface area contributed by atoms with E-state index in [2.05, 4.69) is 74.5 Å². The van der Waals surface area contributed by atoms with Crippen molar-refractivity contribution in [3.05, 3.63) is 119 Å². The fourth-order valence-corrected chi connectivity index (χ4v) is 5.84. The first-order chi connectivity index (χ1) is 21.8. The Kier molecular flexibility index (Phi) is 12.3. The number of aromatic hydroxyl groups is 1. The highest BCUT2D eigenvalue weighted by molar-refractivity contribution is 5.75. The summed E-state index contributed by atoms with van der Waals surface area (Å²) in [6, 6.07) is 32.5. The van der Waals surface area contributed by atoms with Gasteiger partial charge in [0.1, 0.15) is 0 Å². The highest BCUT2D eigenvalue weighted by atomic mass is 16.5. The molecule has 0 radical (unpaired) electrons. The fourth-order valence-electron chi connectivity index (χ4n) is 5.84. The third kappa shape index (κ3) is 9.52. The topological polar surface area (TPSA) is 74.2 Å². The Morgan fingerprint density at radius 2 is 1.18 bits per heavy atom. The van der Waals surface area contributed by atoms with E-state index in [0.717, 1.165) is 11.1 Å². The summed E-state index contributed by atoms with van der Waals surface area (Å²) in [7, 11) is 4.70. The predicted octanol–water partition coefficient (Wildman–Crippen LogP) is 7.74. The molecular weight excluding hydrogens is 564 g/mol. The molecule has 0 bridgehead atoms.